The summed E-state index contributed by atoms with van der Waals surface area (Å²) in [5, 5.41) is 6.59. The highest BCUT2D eigenvalue weighted by Crippen LogP contribution is 1.95. The molecule has 0 aliphatic heterocycles. The van der Waals surface area contributed by atoms with E-state index in [-0.39, 0.29) is 0 Å². The van der Waals surface area contributed by atoms with E-state index in [1.54, 1.807) is 6.33 Å². The second kappa shape index (κ2) is 4.53. The first-order chi connectivity index (χ1) is 6.11. The SMILES string of the molecule is CC(C)N(C)CCn1cn[nH]c1=S. The molecule has 0 aliphatic carbocycles. The standard InChI is InChI=1S/C8H16N4S/c1-7(2)11(3)4-5-12-6-9-10-8(12)13/h6-7H,4-5H2,1-3H3,(H,10,13). The molecular formula is C8H16N4S. The summed E-state index contributed by atoms with van der Waals surface area (Å²) >= 11 is 5.03. The van der Waals surface area contributed by atoms with Crippen molar-refractivity contribution in [2.75, 3.05) is 13.6 Å². The molecule has 0 atom stereocenters. The average molecular weight is 200 g/mol. The van der Waals surface area contributed by atoms with Crippen molar-refractivity contribution >= 4 is 12.2 Å². The molecule has 4 nitrogen and oxygen atoms in total. The van der Waals surface area contributed by atoms with Crippen molar-refractivity contribution in [2.45, 2.75) is 26.4 Å². The Morgan fingerprint density at radius 3 is 2.85 bits per heavy atom. The molecule has 1 N–H and O–H groups in total. The molecule has 0 amide bonds. The molecule has 13 heavy (non-hydrogen) atoms. The van der Waals surface area contributed by atoms with E-state index < -0.39 is 0 Å². The molecule has 5 heteroatoms. The van der Waals surface area contributed by atoms with Crippen LogP contribution >= 0.6 is 12.2 Å². The van der Waals surface area contributed by atoms with Gasteiger partial charge in [0.15, 0.2) is 4.77 Å². The largest absolute Gasteiger partial charge is 0.305 e. The molecule has 0 saturated carbocycles. The van der Waals surface area contributed by atoms with E-state index in [9.17, 15) is 0 Å². The number of nitrogens with zero attached hydrogens (tertiary/aromatic N) is 3. The summed E-state index contributed by atoms with van der Waals surface area (Å²) in [6, 6.07) is 0.570. The van der Waals surface area contributed by atoms with Gasteiger partial charge in [0.25, 0.3) is 0 Å². The van der Waals surface area contributed by atoms with Crippen LogP contribution < -0.4 is 0 Å². The minimum atomic E-state index is 0.570. The molecule has 0 bridgehead atoms. The third-order valence-corrected chi connectivity index (χ3v) is 2.52. The number of hydrogen-bond donors (Lipinski definition) is 1. The van der Waals surface area contributed by atoms with Crippen LogP contribution in [-0.4, -0.2) is 39.3 Å². The van der Waals surface area contributed by atoms with Crippen LogP contribution in [-0.2, 0) is 6.54 Å². The minimum Gasteiger partial charge on any atom is -0.305 e. The number of rotatable bonds is 4. The van der Waals surface area contributed by atoms with Gasteiger partial charge in [-0.1, -0.05) is 0 Å². The van der Waals surface area contributed by atoms with E-state index in [4.69, 9.17) is 12.2 Å². The topological polar surface area (TPSA) is 36.9 Å². The lowest BCUT2D eigenvalue weighted by atomic mass is 10.3. The lowest BCUT2D eigenvalue weighted by molar-refractivity contribution is 0.262. The maximum atomic E-state index is 5.03. The highest BCUT2D eigenvalue weighted by Gasteiger charge is 2.02. The molecule has 1 rings (SSSR count). The quantitative estimate of drug-likeness (QED) is 0.744. The molecule has 1 aromatic heterocycles. The summed E-state index contributed by atoms with van der Waals surface area (Å²) in [6.45, 7) is 6.23. The van der Waals surface area contributed by atoms with Gasteiger partial charge in [0.1, 0.15) is 6.33 Å². The average Bonchev–Trinajstić information content (AvgIpc) is 2.47. The maximum absolute atomic E-state index is 5.03. The number of H-pyrrole nitrogens is 1. The summed E-state index contributed by atoms with van der Waals surface area (Å²) < 4.78 is 2.63. The molecule has 0 radical (unpaired) electrons. The van der Waals surface area contributed by atoms with Crippen LogP contribution in [0, 0.1) is 4.77 Å². The molecule has 1 aromatic rings. The van der Waals surface area contributed by atoms with Crippen molar-refractivity contribution in [3.8, 4) is 0 Å². The monoisotopic (exact) mass is 200 g/mol. The van der Waals surface area contributed by atoms with Gasteiger partial charge in [-0.3, -0.25) is 5.10 Å². The van der Waals surface area contributed by atoms with Gasteiger partial charge in [-0.2, -0.15) is 5.10 Å². The zero-order valence-corrected chi connectivity index (χ0v) is 9.14. The first-order valence-electron chi connectivity index (χ1n) is 4.41. The molecule has 0 spiro atoms. The summed E-state index contributed by atoms with van der Waals surface area (Å²) in [5.74, 6) is 0. The van der Waals surface area contributed by atoms with Crippen molar-refractivity contribution in [3.05, 3.63) is 11.1 Å². The van der Waals surface area contributed by atoms with E-state index in [1.807, 2.05) is 4.57 Å². The van der Waals surface area contributed by atoms with Crippen molar-refractivity contribution in [1.29, 1.82) is 0 Å². The van der Waals surface area contributed by atoms with Crippen LogP contribution in [0.3, 0.4) is 0 Å². The van der Waals surface area contributed by atoms with Crippen LogP contribution in [0.2, 0.25) is 0 Å². The van der Waals surface area contributed by atoms with E-state index in [0.717, 1.165) is 13.1 Å². The molecule has 0 aromatic carbocycles. The van der Waals surface area contributed by atoms with Gasteiger partial charge in [0.2, 0.25) is 0 Å². The van der Waals surface area contributed by atoms with Crippen molar-refractivity contribution in [3.63, 3.8) is 0 Å². The number of hydrogen-bond acceptors (Lipinski definition) is 3. The fourth-order valence-electron chi connectivity index (χ4n) is 0.953. The maximum Gasteiger partial charge on any atom is 0.194 e. The number of likely N-dealkylation sites (N-methyl/N-ethyl adjacent to an activating group) is 1. The van der Waals surface area contributed by atoms with Crippen LogP contribution in [0.1, 0.15) is 13.8 Å². The summed E-state index contributed by atoms with van der Waals surface area (Å²) in [4.78, 5) is 2.27. The Labute approximate surface area is 83.6 Å². The van der Waals surface area contributed by atoms with Crippen molar-refractivity contribution in [2.24, 2.45) is 0 Å². The van der Waals surface area contributed by atoms with Gasteiger partial charge in [0.05, 0.1) is 0 Å². The van der Waals surface area contributed by atoms with Gasteiger partial charge in [0, 0.05) is 19.1 Å². The van der Waals surface area contributed by atoms with Gasteiger partial charge in [-0.05, 0) is 33.1 Å². The van der Waals surface area contributed by atoms with E-state index in [2.05, 4.69) is 36.0 Å². The third-order valence-electron chi connectivity index (χ3n) is 2.19. The molecule has 0 unspecified atom stereocenters. The third kappa shape index (κ3) is 2.93. The van der Waals surface area contributed by atoms with Crippen LogP contribution in [0.4, 0.5) is 0 Å². The Balaban J connectivity index is 2.44. The van der Waals surface area contributed by atoms with Gasteiger partial charge in [-0.25, -0.2) is 0 Å². The zero-order chi connectivity index (χ0) is 9.84. The number of aromatic amines is 1. The Morgan fingerprint density at radius 1 is 1.69 bits per heavy atom. The fourth-order valence-corrected chi connectivity index (χ4v) is 1.14. The van der Waals surface area contributed by atoms with E-state index in [1.165, 1.54) is 0 Å². The number of nitrogens with one attached hydrogen (secondary N) is 1. The van der Waals surface area contributed by atoms with Crippen molar-refractivity contribution in [1.82, 2.24) is 19.7 Å². The van der Waals surface area contributed by atoms with Gasteiger partial charge in [-0.15, -0.1) is 0 Å². The lowest BCUT2D eigenvalue weighted by Gasteiger charge is -2.20. The molecular weight excluding hydrogens is 184 g/mol. The molecule has 0 aliphatic rings. The first-order valence-corrected chi connectivity index (χ1v) is 4.82. The summed E-state index contributed by atoms with van der Waals surface area (Å²) in [7, 11) is 2.11. The van der Waals surface area contributed by atoms with E-state index >= 15 is 0 Å². The minimum absolute atomic E-state index is 0.570. The van der Waals surface area contributed by atoms with Crippen molar-refractivity contribution < 1.29 is 0 Å². The summed E-state index contributed by atoms with van der Waals surface area (Å²) in [5.41, 5.74) is 0. The predicted octanol–water partition coefficient (Wildman–Crippen LogP) is 1.28. The Hall–Kier alpha value is -0.680. The zero-order valence-electron chi connectivity index (χ0n) is 8.32. The van der Waals surface area contributed by atoms with E-state index in [0.29, 0.717) is 10.8 Å². The molecule has 1 heterocycles. The van der Waals surface area contributed by atoms with Gasteiger partial charge < -0.3 is 9.47 Å². The molecule has 0 fully saturated rings. The highest BCUT2D eigenvalue weighted by atomic mass is 32.1. The Morgan fingerprint density at radius 2 is 2.38 bits per heavy atom. The molecule has 0 saturated heterocycles. The smallest absolute Gasteiger partial charge is 0.194 e. The molecule has 74 valence electrons. The van der Waals surface area contributed by atoms with Crippen LogP contribution in [0.25, 0.3) is 0 Å². The highest BCUT2D eigenvalue weighted by molar-refractivity contribution is 7.71. The Bertz CT molecular complexity index is 301. The lowest BCUT2D eigenvalue weighted by Crippen LogP contribution is -2.29. The Kier molecular flexibility index (Phi) is 3.62. The van der Waals surface area contributed by atoms with Crippen LogP contribution in [0.5, 0.6) is 0 Å². The number of aromatic nitrogens is 3. The summed E-state index contributed by atoms with van der Waals surface area (Å²) in [6.07, 6.45) is 1.73. The van der Waals surface area contributed by atoms with Gasteiger partial charge >= 0.3 is 0 Å². The predicted molar refractivity (Wildman–Crippen MR) is 55.2 cm³/mol. The van der Waals surface area contributed by atoms with Crippen LogP contribution in [0.15, 0.2) is 6.33 Å². The second-order valence-electron chi connectivity index (χ2n) is 3.43. The first kappa shape index (κ1) is 10.4. The second-order valence-corrected chi connectivity index (χ2v) is 3.82. The normalized spacial score (nSPS) is 11.5. The fraction of sp³-hybridized carbons (Fsp3) is 0.750.